The van der Waals surface area contributed by atoms with Crippen molar-refractivity contribution in [1.82, 2.24) is 4.57 Å². The van der Waals surface area contributed by atoms with Crippen molar-refractivity contribution in [3.63, 3.8) is 0 Å². The zero-order valence-corrected chi connectivity index (χ0v) is 12.9. The maximum atomic E-state index is 5.89. The number of nitrogens with zero attached hydrogens (tertiary/aromatic N) is 1. The first-order valence-corrected chi connectivity index (χ1v) is 7.35. The molecule has 0 radical (unpaired) electrons. The molecule has 114 valence electrons. The van der Waals surface area contributed by atoms with Gasteiger partial charge < -0.3 is 19.8 Å². The van der Waals surface area contributed by atoms with Gasteiger partial charge in [0.15, 0.2) is 0 Å². The number of hydrogen-bond acceptors (Lipinski definition) is 3. The summed E-state index contributed by atoms with van der Waals surface area (Å²) in [6.45, 7) is 3.53. The summed E-state index contributed by atoms with van der Waals surface area (Å²) in [7, 11) is 1.65. The van der Waals surface area contributed by atoms with Crippen LogP contribution in [0, 0.1) is 0 Å². The summed E-state index contributed by atoms with van der Waals surface area (Å²) in [5, 5.41) is 1.18. The van der Waals surface area contributed by atoms with Gasteiger partial charge in [-0.1, -0.05) is 6.07 Å². The molecule has 0 spiro atoms. The Kier molecular flexibility index (Phi) is 3.92. The molecule has 0 saturated heterocycles. The first-order chi connectivity index (χ1) is 10.7. The van der Waals surface area contributed by atoms with Crippen molar-refractivity contribution in [2.24, 2.45) is 0 Å². The van der Waals surface area contributed by atoms with Crippen LogP contribution in [0.15, 0.2) is 48.5 Å². The Morgan fingerprint density at radius 1 is 1.00 bits per heavy atom. The second-order valence-electron chi connectivity index (χ2n) is 5.16. The predicted octanol–water partition coefficient (Wildman–Crippen LogP) is 3.83. The standard InChI is InChI=1S/C18H20N2O2/c1-3-20-15(10-13-4-5-14(19)11-18(13)20)12-22-17-8-6-16(21-2)7-9-17/h4-11H,3,12,19H2,1-2H3. The van der Waals surface area contributed by atoms with Crippen molar-refractivity contribution in [2.45, 2.75) is 20.1 Å². The van der Waals surface area contributed by atoms with E-state index in [0.29, 0.717) is 6.61 Å². The van der Waals surface area contributed by atoms with Gasteiger partial charge in [0.1, 0.15) is 18.1 Å². The highest BCUT2D eigenvalue weighted by molar-refractivity contribution is 5.84. The van der Waals surface area contributed by atoms with Gasteiger partial charge in [-0.25, -0.2) is 0 Å². The van der Waals surface area contributed by atoms with Crippen LogP contribution >= 0.6 is 0 Å². The molecule has 0 bridgehead atoms. The van der Waals surface area contributed by atoms with Crippen LogP contribution in [-0.4, -0.2) is 11.7 Å². The van der Waals surface area contributed by atoms with Crippen LogP contribution in [0.1, 0.15) is 12.6 Å². The number of nitrogens with two attached hydrogens (primary N) is 1. The highest BCUT2D eigenvalue weighted by Crippen LogP contribution is 2.24. The fraction of sp³-hybridized carbons (Fsp3) is 0.222. The molecule has 0 atom stereocenters. The fourth-order valence-electron chi connectivity index (χ4n) is 2.65. The lowest BCUT2D eigenvalue weighted by molar-refractivity contribution is 0.295. The van der Waals surface area contributed by atoms with E-state index < -0.39 is 0 Å². The summed E-state index contributed by atoms with van der Waals surface area (Å²) >= 11 is 0. The molecule has 3 aromatic rings. The third-order valence-corrected chi connectivity index (χ3v) is 3.78. The average molecular weight is 296 g/mol. The van der Waals surface area contributed by atoms with E-state index in [4.69, 9.17) is 15.2 Å². The van der Waals surface area contributed by atoms with Crippen LogP contribution in [0.2, 0.25) is 0 Å². The quantitative estimate of drug-likeness (QED) is 0.728. The smallest absolute Gasteiger partial charge is 0.128 e. The van der Waals surface area contributed by atoms with Gasteiger partial charge in [0, 0.05) is 17.6 Å². The van der Waals surface area contributed by atoms with Crippen LogP contribution in [0.5, 0.6) is 11.5 Å². The summed E-state index contributed by atoms with van der Waals surface area (Å²) in [6.07, 6.45) is 0. The number of aromatic nitrogens is 1. The highest BCUT2D eigenvalue weighted by atomic mass is 16.5. The summed E-state index contributed by atoms with van der Waals surface area (Å²) in [5.41, 5.74) is 8.96. The predicted molar refractivity (Wildman–Crippen MR) is 89.4 cm³/mol. The molecule has 4 heteroatoms. The Bertz CT molecular complexity index is 776. The second kappa shape index (κ2) is 6.02. The van der Waals surface area contributed by atoms with E-state index in [-0.39, 0.29) is 0 Å². The molecule has 1 aromatic heterocycles. The van der Waals surface area contributed by atoms with E-state index in [2.05, 4.69) is 17.6 Å². The van der Waals surface area contributed by atoms with Gasteiger partial charge in [0.25, 0.3) is 0 Å². The number of hydrogen-bond donors (Lipinski definition) is 1. The molecular formula is C18H20N2O2. The van der Waals surface area contributed by atoms with Crippen molar-refractivity contribution < 1.29 is 9.47 Å². The van der Waals surface area contributed by atoms with Crippen molar-refractivity contribution in [2.75, 3.05) is 12.8 Å². The molecule has 4 nitrogen and oxygen atoms in total. The Hall–Kier alpha value is -2.62. The first kappa shape index (κ1) is 14.3. The van der Waals surface area contributed by atoms with E-state index >= 15 is 0 Å². The molecule has 3 rings (SSSR count). The number of ether oxygens (including phenoxy) is 2. The molecule has 22 heavy (non-hydrogen) atoms. The van der Waals surface area contributed by atoms with E-state index in [1.165, 1.54) is 5.39 Å². The number of methoxy groups -OCH3 is 1. The highest BCUT2D eigenvalue weighted by Gasteiger charge is 2.08. The first-order valence-electron chi connectivity index (χ1n) is 7.35. The Labute approximate surface area is 130 Å². The SMILES string of the molecule is CCn1c(COc2ccc(OC)cc2)cc2ccc(N)cc21. The molecule has 0 aliphatic rings. The molecule has 0 unspecified atom stereocenters. The molecule has 0 saturated carbocycles. The Morgan fingerprint density at radius 2 is 1.73 bits per heavy atom. The number of fused-ring (bicyclic) bond motifs is 1. The van der Waals surface area contributed by atoms with Gasteiger partial charge in [0.05, 0.1) is 18.3 Å². The topological polar surface area (TPSA) is 49.4 Å². The Balaban J connectivity index is 1.83. The number of benzene rings is 2. The van der Waals surface area contributed by atoms with Crippen LogP contribution in [0.4, 0.5) is 5.69 Å². The van der Waals surface area contributed by atoms with Gasteiger partial charge in [0.2, 0.25) is 0 Å². The molecule has 2 N–H and O–H groups in total. The molecular weight excluding hydrogens is 276 g/mol. The minimum atomic E-state index is 0.523. The number of nitrogen functional groups attached to an aromatic ring is 1. The van der Waals surface area contributed by atoms with Crippen molar-refractivity contribution >= 4 is 16.6 Å². The van der Waals surface area contributed by atoms with Crippen LogP contribution in [-0.2, 0) is 13.2 Å². The second-order valence-corrected chi connectivity index (χ2v) is 5.16. The maximum Gasteiger partial charge on any atom is 0.128 e. The van der Waals surface area contributed by atoms with Gasteiger partial charge in [-0.05, 0) is 49.4 Å². The minimum absolute atomic E-state index is 0.523. The van der Waals surface area contributed by atoms with E-state index in [0.717, 1.165) is 34.9 Å². The molecule has 0 fully saturated rings. The zero-order valence-electron chi connectivity index (χ0n) is 12.9. The van der Waals surface area contributed by atoms with Crippen molar-refractivity contribution in [3.05, 3.63) is 54.2 Å². The van der Waals surface area contributed by atoms with Gasteiger partial charge in [-0.15, -0.1) is 0 Å². The fourth-order valence-corrected chi connectivity index (χ4v) is 2.65. The normalized spacial score (nSPS) is 10.8. The number of aryl methyl sites for hydroxylation is 1. The zero-order chi connectivity index (χ0) is 15.5. The Morgan fingerprint density at radius 3 is 2.41 bits per heavy atom. The summed E-state index contributed by atoms with van der Waals surface area (Å²) in [4.78, 5) is 0. The monoisotopic (exact) mass is 296 g/mol. The lowest BCUT2D eigenvalue weighted by atomic mass is 10.2. The van der Waals surface area contributed by atoms with Gasteiger partial charge in [-0.3, -0.25) is 0 Å². The third-order valence-electron chi connectivity index (χ3n) is 3.78. The minimum Gasteiger partial charge on any atom is -0.497 e. The summed E-state index contributed by atoms with van der Waals surface area (Å²) in [5.74, 6) is 1.65. The van der Waals surface area contributed by atoms with Gasteiger partial charge >= 0.3 is 0 Å². The largest absolute Gasteiger partial charge is 0.497 e. The molecule has 0 aliphatic heterocycles. The lowest BCUT2D eigenvalue weighted by Gasteiger charge is -2.10. The number of rotatable bonds is 5. The summed E-state index contributed by atoms with van der Waals surface area (Å²) < 4.78 is 13.3. The number of anilines is 1. The van der Waals surface area contributed by atoms with Crippen LogP contribution < -0.4 is 15.2 Å². The average Bonchev–Trinajstić information content (AvgIpc) is 2.90. The lowest BCUT2D eigenvalue weighted by Crippen LogP contribution is -2.04. The molecule has 2 aromatic carbocycles. The van der Waals surface area contributed by atoms with Crippen LogP contribution in [0.25, 0.3) is 10.9 Å². The van der Waals surface area contributed by atoms with E-state index in [1.807, 2.05) is 42.5 Å². The maximum absolute atomic E-state index is 5.89. The van der Waals surface area contributed by atoms with Crippen LogP contribution in [0.3, 0.4) is 0 Å². The summed E-state index contributed by atoms with van der Waals surface area (Å²) in [6, 6.07) is 15.8. The van der Waals surface area contributed by atoms with E-state index in [1.54, 1.807) is 7.11 Å². The molecule has 0 aliphatic carbocycles. The molecule has 0 amide bonds. The third kappa shape index (κ3) is 2.72. The van der Waals surface area contributed by atoms with Crippen molar-refractivity contribution in [3.8, 4) is 11.5 Å². The van der Waals surface area contributed by atoms with E-state index in [9.17, 15) is 0 Å². The van der Waals surface area contributed by atoms with Gasteiger partial charge in [-0.2, -0.15) is 0 Å². The molecule has 1 heterocycles. The van der Waals surface area contributed by atoms with Crippen molar-refractivity contribution in [1.29, 1.82) is 0 Å².